The first-order chi connectivity index (χ1) is 10.8. The highest BCUT2D eigenvalue weighted by atomic mass is 16.5. The number of ether oxygens (including phenoxy) is 1. The van der Waals surface area contributed by atoms with Crippen LogP contribution in [-0.4, -0.2) is 18.1 Å². The lowest BCUT2D eigenvalue weighted by atomic mass is 9.93. The lowest BCUT2D eigenvalue weighted by molar-refractivity contribution is 0.401. The van der Waals surface area contributed by atoms with Crippen molar-refractivity contribution < 1.29 is 4.74 Å². The van der Waals surface area contributed by atoms with Crippen molar-refractivity contribution in [1.82, 2.24) is 4.98 Å². The monoisotopic (exact) mass is 296 g/mol. The van der Waals surface area contributed by atoms with Crippen molar-refractivity contribution in [2.45, 2.75) is 45.1 Å². The Morgan fingerprint density at radius 1 is 1.05 bits per heavy atom. The minimum atomic E-state index is 0.534. The number of hydrogen-bond acceptors (Lipinski definition) is 3. The van der Waals surface area contributed by atoms with Crippen molar-refractivity contribution in [2.75, 3.05) is 12.0 Å². The Balaban J connectivity index is 2.07. The van der Waals surface area contributed by atoms with Crippen molar-refractivity contribution in [3.63, 3.8) is 0 Å². The molecule has 1 fully saturated rings. The van der Waals surface area contributed by atoms with Crippen LogP contribution >= 0.6 is 0 Å². The van der Waals surface area contributed by atoms with E-state index in [1.807, 2.05) is 13.1 Å². The van der Waals surface area contributed by atoms with Crippen LogP contribution in [-0.2, 0) is 0 Å². The molecule has 116 valence electrons. The van der Waals surface area contributed by atoms with Gasteiger partial charge in [-0.25, -0.2) is 0 Å². The summed E-state index contributed by atoms with van der Waals surface area (Å²) in [6.45, 7) is 2.01. The Morgan fingerprint density at radius 2 is 1.77 bits per heavy atom. The Labute approximate surface area is 132 Å². The van der Waals surface area contributed by atoms with Gasteiger partial charge in [0.2, 0.25) is 0 Å². The summed E-state index contributed by atoms with van der Waals surface area (Å²) in [5.74, 6) is 0.886. The van der Waals surface area contributed by atoms with Gasteiger partial charge in [-0.05, 0) is 38.0 Å². The Hall–Kier alpha value is -2.03. The average molecular weight is 296 g/mol. The van der Waals surface area contributed by atoms with Crippen LogP contribution in [0.4, 0.5) is 11.4 Å². The molecule has 0 saturated heterocycles. The highest BCUT2D eigenvalue weighted by Gasteiger charge is 2.25. The van der Waals surface area contributed by atoms with E-state index in [0.29, 0.717) is 6.04 Å². The number of nitrogens with zero attached hydrogens (tertiary/aromatic N) is 2. The summed E-state index contributed by atoms with van der Waals surface area (Å²) >= 11 is 0. The Morgan fingerprint density at radius 3 is 2.45 bits per heavy atom. The van der Waals surface area contributed by atoms with Crippen LogP contribution in [0.25, 0.3) is 0 Å². The van der Waals surface area contributed by atoms with Crippen LogP contribution in [0.3, 0.4) is 0 Å². The predicted octanol–water partition coefficient (Wildman–Crippen LogP) is 4.87. The zero-order valence-corrected chi connectivity index (χ0v) is 13.5. The van der Waals surface area contributed by atoms with E-state index >= 15 is 0 Å². The number of para-hydroxylation sites is 1. The predicted molar refractivity (Wildman–Crippen MR) is 91.0 cm³/mol. The van der Waals surface area contributed by atoms with E-state index < -0.39 is 0 Å². The zero-order valence-electron chi connectivity index (χ0n) is 13.5. The number of pyridine rings is 1. The number of rotatable bonds is 4. The number of methoxy groups -OCH3 is 1. The van der Waals surface area contributed by atoms with Gasteiger partial charge < -0.3 is 9.64 Å². The average Bonchev–Trinajstić information content (AvgIpc) is 2.57. The molecule has 0 N–H and O–H groups in total. The van der Waals surface area contributed by atoms with Gasteiger partial charge in [-0.3, -0.25) is 4.98 Å². The number of anilines is 2. The Bertz CT molecular complexity index is 606. The molecule has 3 nitrogen and oxygen atoms in total. The van der Waals surface area contributed by atoms with E-state index in [1.165, 1.54) is 37.8 Å². The standard InChI is InChI=1S/C19H24N2O/c1-15-19(22-2)18(13-14-20-15)21(16-9-5-3-6-10-16)17-11-7-4-8-12-17/h3,5-6,9-10,13-14,17H,4,7-8,11-12H2,1-2H3. The molecule has 1 aliphatic rings. The molecule has 1 heterocycles. The number of aromatic nitrogens is 1. The van der Waals surface area contributed by atoms with Crippen LogP contribution in [0.2, 0.25) is 0 Å². The summed E-state index contributed by atoms with van der Waals surface area (Å²) < 4.78 is 5.67. The molecule has 1 saturated carbocycles. The Kier molecular flexibility index (Phi) is 4.62. The third-order valence-electron chi connectivity index (χ3n) is 4.50. The van der Waals surface area contributed by atoms with Crippen LogP contribution in [0, 0.1) is 6.92 Å². The van der Waals surface area contributed by atoms with E-state index in [0.717, 1.165) is 17.1 Å². The first-order valence-electron chi connectivity index (χ1n) is 8.15. The van der Waals surface area contributed by atoms with Gasteiger partial charge >= 0.3 is 0 Å². The number of hydrogen-bond donors (Lipinski definition) is 0. The molecular formula is C19H24N2O. The maximum Gasteiger partial charge on any atom is 0.163 e. The van der Waals surface area contributed by atoms with E-state index in [2.05, 4.69) is 46.3 Å². The third-order valence-corrected chi connectivity index (χ3v) is 4.50. The molecule has 1 aromatic carbocycles. The molecule has 0 aliphatic heterocycles. The van der Waals surface area contributed by atoms with Crippen molar-refractivity contribution in [3.8, 4) is 5.75 Å². The van der Waals surface area contributed by atoms with Gasteiger partial charge in [0, 0.05) is 17.9 Å². The second kappa shape index (κ2) is 6.82. The topological polar surface area (TPSA) is 25.4 Å². The van der Waals surface area contributed by atoms with Crippen LogP contribution in [0.5, 0.6) is 5.75 Å². The number of aryl methyl sites for hydroxylation is 1. The quantitative estimate of drug-likeness (QED) is 0.805. The summed E-state index contributed by atoms with van der Waals surface area (Å²) in [5.41, 5.74) is 3.31. The van der Waals surface area contributed by atoms with Gasteiger partial charge in [-0.15, -0.1) is 0 Å². The summed E-state index contributed by atoms with van der Waals surface area (Å²) in [6, 6.07) is 13.3. The van der Waals surface area contributed by atoms with Crippen molar-refractivity contribution in [3.05, 3.63) is 48.3 Å². The second-order valence-corrected chi connectivity index (χ2v) is 5.95. The molecule has 0 spiro atoms. The maximum atomic E-state index is 5.67. The molecule has 3 heteroatoms. The molecule has 1 aromatic heterocycles. The highest BCUT2D eigenvalue weighted by molar-refractivity contribution is 5.70. The first kappa shape index (κ1) is 14.9. The first-order valence-corrected chi connectivity index (χ1v) is 8.15. The van der Waals surface area contributed by atoms with Gasteiger partial charge in [0.25, 0.3) is 0 Å². The summed E-state index contributed by atoms with van der Waals surface area (Å²) in [7, 11) is 1.73. The van der Waals surface area contributed by atoms with Gasteiger partial charge in [-0.1, -0.05) is 37.5 Å². The van der Waals surface area contributed by atoms with E-state index in [1.54, 1.807) is 7.11 Å². The van der Waals surface area contributed by atoms with Crippen molar-refractivity contribution in [2.24, 2.45) is 0 Å². The fourth-order valence-electron chi connectivity index (χ4n) is 3.46. The van der Waals surface area contributed by atoms with Crippen LogP contribution < -0.4 is 9.64 Å². The maximum absolute atomic E-state index is 5.67. The van der Waals surface area contributed by atoms with Crippen LogP contribution in [0.15, 0.2) is 42.6 Å². The molecule has 0 unspecified atom stereocenters. The number of benzene rings is 1. The molecule has 3 rings (SSSR count). The summed E-state index contributed by atoms with van der Waals surface area (Å²) in [6.07, 6.45) is 8.32. The lowest BCUT2D eigenvalue weighted by Crippen LogP contribution is -2.33. The SMILES string of the molecule is COc1c(N(c2ccccc2)C2CCCCC2)ccnc1C. The molecule has 22 heavy (non-hydrogen) atoms. The highest BCUT2D eigenvalue weighted by Crippen LogP contribution is 2.39. The minimum absolute atomic E-state index is 0.534. The van der Waals surface area contributed by atoms with Gasteiger partial charge in [0.05, 0.1) is 18.5 Å². The molecule has 0 amide bonds. The second-order valence-electron chi connectivity index (χ2n) is 5.95. The molecule has 1 aliphatic carbocycles. The smallest absolute Gasteiger partial charge is 0.163 e. The van der Waals surface area contributed by atoms with Crippen LogP contribution in [0.1, 0.15) is 37.8 Å². The third kappa shape index (κ3) is 2.94. The fraction of sp³-hybridized carbons (Fsp3) is 0.421. The molecule has 0 atom stereocenters. The summed E-state index contributed by atoms with van der Waals surface area (Å²) in [4.78, 5) is 6.83. The van der Waals surface area contributed by atoms with Crippen molar-refractivity contribution >= 4 is 11.4 Å². The molecule has 2 aromatic rings. The van der Waals surface area contributed by atoms with E-state index in [4.69, 9.17) is 4.74 Å². The minimum Gasteiger partial charge on any atom is -0.493 e. The van der Waals surface area contributed by atoms with Gasteiger partial charge in [0.15, 0.2) is 5.75 Å². The lowest BCUT2D eigenvalue weighted by Gasteiger charge is -2.37. The van der Waals surface area contributed by atoms with Gasteiger partial charge in [0.1, 0.15) is 0 Å². The fourth-order valence-corrected chi connectivity index (χ4v) is 3.46. The van der Waals surface area contributed by atoms with E-state index in [9.17, 15) is 0 Å². The molecular weight excluding hydrogens is 272 g/mol. The van der Waals surface area contributed by atoms with E-state index in [-0.39, 0.29) is 0 Å². The normalized spacial score (nSPS) is 15.5. The summed E-state index contributed by atoms with van der Waals surface area (Å²) in [5, 5.41) is 0. The van der Waals surface area contributed by atoms with Crippen molar-refractivity contribution in [1.29, 1.82) is 0 Å². The largest absolute Gasteiger partial charge is 0.493 e. The molecule has 0 radical (unpaired) electrons. The molecule has 0 bridgehead atoms. The van der Waals surface area contributed by atoms with Gasteiger partial charge in [-0.2, -0.15) is 0 Å². The zero-order chi connectivity index (χ0) is 15.4.